The minimum atomic E-state index is -0.300. The van der Waals surface area contributed by atoms with E-state index in [0.717, 1.165) is 18.4 Å². The standard InChI is InChI=1S/C15H22FNO/c1-10-3-4-12(7-10)9-17-11(2)14-8-13(16)5-6-15(14)18/h5-6,8,10-12,17-18H,3-4,7,9H2,1-2H3. The second kappa shape index (κ2) is 5.70. The molecule has 3 heteroatoms. The first-order valence-corrected chi connectivity index (χ1v) is 6.78. The number of hydrogen-bond acceptors (Lipinski definition) is 2. The predicted molar refractivity (Wildman–Crippen MR) is 71.0 cm³/mol. The highest BCUT2D eigenvalue weighted by atomic mass is 19.1. The molecule has 0 aromatic heterocycles. The number of phenols is 1. The van der Waals surface area contributed by atoms with Gasteiger partial charge in [0.05, 0.1) is 0 Å². The Morgan fingerprint density at radius 2 is 2.22 bits per heavy atom. The highest BCUT2D eigenvalue weighted by molar-refractivity contribution is 5.34. The Balaban J connectivity index is 1.91. The number of benzene rings is 1. The van der Waals surface area contributed by atoms with Gasteiger partial charge in [0.1, 0.15) is 11.6 Å². The molecule has 100 valence electrons. The van der Waals surface area contributed by atoms with Crippen molar-refractivity contribution in [1.29, 1.82) is 0 Å². The minimum absolute atomic E-state index is 0.0170. The molecular weight excluding hydrogens is 229 g/mol. The van der Waals surface area contributed by atoms with Crippen molar-refractivity contribution in [2.24, 2.45) is 11.8 Å². The Labute approximate surface area is 108 Å². The van der Waals surface area contributed by atoms with Gasteiger partial charge in [0, 0.05) is 11.6 Å². The molecule has 1 fully saturated rings. The van der Waals surface area contributed by atoms with E-state index in [4.69, 9.17) is 0 Å². The molecule has 2 rings (SSSR count). The fourth-order valence-corrected chi connectivity index (χ4v) is 2.84. The molecule has 0 amide bonds. The van der Waals surface area contributed by atoms with Crippen LogP contribution in [0.3, 0.4) is 0 Å². The van der Waals surface area contributed by atoms with Crippen LogP contribution in [0, 0.1) is 17.7 Å². The highest BCUT2D eigenvalue weighted by Crippen LogP contribution is 2.31. The van der Waals surface area contributed by atoms with E-state index in [1.165, 1.54) is 37.5 Å². The molecule has 3 atom stereocenters. The van der Waals surface area contributed by atoms with Crippen molar-refractivity contribution >= 4 is 0 Å². The molecule has 1 aliphatic carbocycles. The van der Waals surface area contributed by atoms with Gasteiger partial charge in [0.2, 0.25) is 0 Å². The van der Waals surface area contributed by atoms with Crippen molar-refractivity contribution in [2.75, 3.05) is 6.54 Å². The van der Waals surface area contributed by atoms with Crippen molar-refractivity contribution in [1.82, 2.24) is 5.32 Å². The van der Waals surface area contributed by atoms with Crippen molar-refractivity contribution < 1.29 is 9.50 Å². The summed E-state index contributed by atoms with van der Waals surface area (Å²) in [6, 6.07) is 4.09. The lowest BCUT2D eigenvalue weighted by atomic mass is 10.0. The first-order chi connectivity index (χ1) is 8.56. The van der Waals surface area contributed by atoms with Gasteiger partial charge in [0.25, 0.3) is 0 Å². The lowest BCUT2D eigenvalue weighted by Gasteiger charge is -2.18. The maximum Gasteiger partial charge on any atom is 0.123 e. The van der Waals surface area contributed by atoms with Gasteiger partial charge < -0.3 is 10.4 Å². The Morgan fingerprint density at radius 1 is 1.44 bits per heavy atom. The maximum atomic E-state index is 13.2. The van der Waals surface area contributed by atoms with Gasteiger partial charge >= 0.3 is 0 Å². The van der Waals surface area contributed by atoms with E-state index in [-0.39, 0.29) is 17.6 Å². The summed E-state index contributed by atoms with van der Waals surface area (Å²) in [5.41, 5.74) is 0.640. The van der Waals surface area contributed by atoms with Crippen LogP contribution in [0.2, 0.25) is 0 Å². The molecule has 2 N–H and O–H groups in total. The summed E-state index contributed by atoms with van der Waals surface area (Å²) in [5, 5.41) is 13.1. The highest BCUT2D eigenvalue weighted by Gasteiger charge is 2.22. The van der Waals surface area contributed by atoms with Crippen LogP contribution in [0.25, 0.3) is 0 Å². The van der Waals surface area contributed by atoms with Crippen LogP contribution in [0.5, 0.6) is 5.75 Å². The molecule has 18 heavy (non-hydrogen) atoms. The number of phenolic OH excluding ortho intramolecular Hbond substituents is 1. The van der Waals surface area contributed by atoms with E-state index in [9.17, 15) is 9.50 Å². The molecule has 1 aromatic rings. The quantitative estimate of drug-likeness (QED) is 0.856. The molecule has 0 heterocycles. The number of hydrogen-bond donors (Lipinski definition) is 2. The smallest absolute Gasteiger partial charge is 0.123 e. The zero-order valence-electron chi connectivity index (χ0n) is 11.1. The summed E-state index contributed by atoms with van der Waals surface area (Å²) in [6.07, 6.45) is 3.86. The van der Waals surface area contributed by atoms with Crippen LogP contribution >= 0.6 is 0 Å². The fraction of sp³-hybridized carbons (Fsp3) is 0.600. The van der Waals surface area contributed by atoms with Crippen LogP contribution < -0.4 is 5.32 Å². The van der Waals surface area contributed by atoms with E-state index >= 15 is 0 Å². The normalized spacial score (nSPS) is 25.3. The minimum Gasteiger partial charge on any atom is -0.508 e. The van der Waals surface area contributed by atoms with Crippen LogP contribution in [0.15, 0.2) is 18.2 Å². The van der Waals surface area contributed by atoms with E-state index in [0.29, 0.717) is 5.56 Å². The largest absolute Gasteiger partial charge is 0.508 e. The van der Waals surface area contributed by atoms with Crippen LogP contribution in [-0.4, -0.2) is 11.7 Å². The van der Waals surface area contributed by atoms with E-state index in [1.54, 1.807) is 0 Å². The van der Waals surface area contributed by atoms with Crippen molar-refractivity contribution in [3.05, 3.63) is 29.6 Å². The zero-order valence-corrected chi connectivity index (χ0v) is 11.1. The monoisotopic (exact) mass is 251 g/mol. The Bertz CT molecular complexity index is 407. The molecule has 3 unspecified atom stereocenters. The lowest BCUT2D eigenvalue weighted by molar-refractivity contribution is 0.419. The Morgan fingerprint density at radius 3 is 2.89 bits per heavy atom. The molecule has 1 aromatic carbocycles. The predicted octanol–water partition coefficient (Wildman–Crippen LogP) is 3.62. The molecule has 2 nitrogen and oxygen atoms in total. The van der Waals surface area contributed by atoms with Crippen molar-refractivity contribution in [3.63, 3.8) is 0 Å². The molecule has 0 bridgehead atoms. The maximum absolute atomic E-state index is 13.2. The Hall–Kier alpha value is -1.09. The molecule has 0 saturated heterocycles. The summed E-state index contributed by atoms with van der Waals surface area (Å²) in [5.74, 6) is 1.41. The lowest BCUT2D eigenvalue weighted by Crippen LogP contribution is -2.24. The molecule has 1 saturated carbocycles. The average molecular weight is 251 g/mol. The van der Waals surface area contributed by atoms with E-state index in [2.05, 4.69) is 12.2 Å². The Kier molecular flexibility index (Phi) is 4.23. The topological polar surface area (TPSA) is 32.3 Å². The molecular formula is C15H22FNO. The van der Waals surface area contributed by atoms with Crippen molar-refractivity contribution in [2.45, 2.75) is 39.2 Å². The number of rotatable bonds is 4. The number of nitrogens with one attached hydrogen (secondary N) is 1. The third-order valence-corrected chi connectivity index (χ3v) is 3.97. The number of halogens is 1. The van der Waals surface area contributed by atoms with Gasteiger partial charge in [-0.15, -0.1) is 0 Å². The molecule has 0 aliphatic heterocycles. The molecule has 0 radical (unpaired) electrons. The third kappa shape index (κ3) is 3.22. The van der Waals surface area contributed by atoms with Gasteiger partial charge in [-0.05, 0) is 56.3 Å². The summed E-state index contributed by atoms with van der Waals surface area (Å²) < 4.78 is 13.2. The first kappa shape index (κ1) is 13.3. The summed E-state index contributed by atoms with van der Waals surface area (Å²) in [6.45, 7) is 5.20. The summed E-state index contributed by atoms with van der Waals surface area (Å²) >= 11 is 0. The van der Waals surface area contributed by atoms with Gasteiger partial charge in [-0.3, -0.25) is 0 Å². The third-order valence-electron chi connectivity index (χ3n) is 3.97. The first-order valence-electron chi connectivity index (χ1n) is 6.78. The van der Waals surface area contributed by atoms with Gasteiger partial charge in [-0.2, -0.15) is 0 Å². The van der Waals surface area contributed by atoms with Crippen LogP contribution in [0.1, 0.15) is 44.7 Å². The molecule has 0 spiro atoms. The van der Waals surface area contributed by atoms with Gasteiger partial charge in [-0.1, -0.05) is 13.3 Å². The van der Waals surface area contributed by atoms with Crippen molar-refractivity contribution in [3.8, 4) is 5.75 Å². The van der Waals surface area contributed by atoms with Crippen LogP contribution in [0.4, 0.5) is 4.39 Å². The van der Waals surface area contributed by atoms with E-state index < -0.39 is 0 Å². The molecule has 1 aliphatic rings. The SMILES string of the molecule is CC1CCC(CNC(C)c2cc(F)ccc2O)C1. The summed E-state index contributed by atoms with van der Waals surface area (Å²) in [4.78, 5) is 0. The second-order valence-corrected chi connectivity index (χ2v) is 5.62. The average Bonchev–Trinajstić information content (AvgIpc) is 2.75. The van der Waals surface area contributed by atoms with E-state index in [1.807, 2.05) is 6.92 Å². The zero-order chi connectivity index (χ0) is 13.1. The second-order valence-electron chi connectivity index (χ2n) is 5.62. The summed E-state index contributed by atoms with van der Waals surface area (Å²) in [7, 11) is 0. The number of aromatic hydroxyl groups is 1. The van der Waals surface area contributed by atoms with Gasteiger partial charge in [0.15, 0.2) is 0 Å². The van der Waals surface area contributed by atoms with Gasteiger partial charge in [-0.25, -0.2) is 4.39 Å². The van der Waals surface area contributed by atoms with Crippen LogP contribution in [-0.2, 0) is 0 Å². The fourth-order valence-electron chi connectivity index (χ4n) is 2.84.